The molecule has 2 rings (SSSR count). The number of esters is 1. The number of ether oxygens (including phenoxy) is 1. The van der Waals surface area contributed by atoms with E-state index in [-0.39, 0.29) is 11.9 Å². The van der Waals surface area contributed by atoms with Crippen molar-refractivity contribution in [3.63, 3.8) is 0 Å². The summed E-state index contributed by atoms with van der Waals surface area (Å²) >= 11 is 0. The highest BCUT2D eigenvalue weighted by Gasteiger charge is 2.22. The molecule has 1 heterocycles. The van der Waals surface area contributed by atoms with E-state index in [1.54, 1.807) is 11.8 Å². The second kappa shape index (κ2) is 5.82. The Bertz CT molecular complexity index is 482. The lowest BCUT2D eigenvalue weighted by molar-refractivity contribution is -0.120. The minimum Gasteiger partial charge on any atom is -0.459 e. The average molecular weight is 265 g/mol. The number of piperidine rings is 1. The highest BCUT2D eigenvalue weighted by molar-refractivity contribution is 5.89. The fourth-order valence-corrected chi connectivity index (χ4v) is 2.09. The predicted molar refractivity (Wildman–Crippen MR) is 67.2 cm³/mol. The van der Waals surface area contributed by atoms with Crippen molar-refractivity contribution in [1.82, 2.24) is 4.90 Å². The molecule has 1 aromatic carbocycles. The number of halogens is 1. The van der Waals surface area contributed by atoms with Gasteiger partial charge in [0.25, 0.3) is 0 Å². The van der Waals surface area contributed by atoms with E-state index in [2.05, 4.69) is 0 Å². The average Bonchev–Trinajstić information content (AvgIpc) is 2.42. The molecule has 1 aromatic rings. The lowest BCUT2D eigenvalue weighted by atomic mass is 10.1. The van der Waals surface area contributed by atoms with Crippen LogP contribution in [-0.2, 0) is 9.53 Å². The summed E-state index contributed by atoms with van der Waals surface area (Å²) in [6.45, 7) is 2.81. The van der Waals surface area contributed by atoms with E-state index in [1.807, 2.05) is 0 Å². The SMILES string of the molecule is Cc1cc(C(=O)OC2CCN(C=O)CC2)ccc1F. The summed E-state index contributed by atoms with van der Waals surface area (Å²) in [5.41, 5.74) is 0.780. The zero-order valence-electron chi connectivity index (χ0n) is 10.8. The molecular weight excluding hydrogens is 249 g/mol. The Balaban J connectivity index is 1.94. The minimum atomic E-state index is -0.437. The van der Waals surface area contributed by atoms with Gasteiger partial charge in [0.15, 0.2) is 0 Å². The van der Waals surface area contributed by atoms with E-state index in [4.69, 9.17) is 4.74 Å². The molecule has 1 fully saturated rings. The van der Waals surface area contributed by atoms with Gasteiger partial charge in [0.2, 0.25) is 6.41 Å². The molecule has 1 aliphatic heterocycles. The first-order valence-corrected chi connectivity index (χ1v) is 6.26. The zero-order valence-corrected chi connectivity index (χ0v) is 10.8. The summed E-state index contributed by atoms with van der Waals surface area (Å²) in [5.74, 6) is -0.775. The first-order valence-electron chi connectivity index (χ1n) is 6.26. The van der Waals surface area contributed by atoms with E-state index in [0.29, 0.717) is 37.1 Å². The molecule has 1 saturated heterocycles. The van der Waals surface area contributed by atoms with Crippen LogP contribution in [-0.4, -0.2) is 36.5 Å². The topological polar surface area (TPSA) is 46.6 Å². The number of rotatable bonds is 3. The summed E-state index contributed by atoms with van der Waals surface area (Å²) in [6, 6.07) is 4.17. The summed E-state index contributed by atoms with van der Waals surface area (Å²) < 4.78 is 18.5. The van der Waals surface area contributed by atoms with Crippen molar-refractivity contribution in [2.45, 2.75) is 25.9 Å². The second-order valence-electron chi connectivity index (χ2n) is 4.71. The molecule has 0 spiro atoms. The quantitative estimate of drug-likeness (QED) is 0.619. The van der Waals surface area contributed by atoms with Gasteiger partial charge >= 0.3 is 5.97 Å². The van der Waals surface area contributed by atoms with Crippen LogP contribution in [0.2, 0.25) is 0 Å². The number of carbonyl (C=O) groups excluding carboxylic acids is 2. The Kier molecular flexibility index (Phi) is 4.14. The first-order chi connectivity index (χ1) is 9.10. The fraction of sp³-hybridized carbons (Fsp3) is 0.429. The van der Waals surface area contributed by atoms with Crippen LogP contribution in [0.15, 0.2) is 18.2 Å². The normalized spacial score (nSPS) is 16.2. The molecule has 4 nitrogen and oxygen atoms in total. The summed E-state index contributed by atoms with van der Waals surface area (Å²) in [6.07, 6.45) is 1.92. The number of carbonyl (C=O) groups is 2. The molecule has 5 heteroatoms. The van der Waals surface area contributed by atoms with Crippen LogP contribution in [0.25, 0.3) is 0 Å². The maximum absolute atomic E-state index is 13.1. The van der Waals surface area contributed by atoms with Crippen molar-refractivity contribution in [3.05, 3.63) is 35.1 Å². The van der Waals surface area contributed by atoms with Gasteiger partial charge in [-0.3, -0.25) is 4.79 Å². The molecule has 0 N–H and O–H groups in total. The van der Waals surface area contributed by atoms with Crippen molar-refractivity contribution in [2.75, 3.05) is 13.1 Å². The number of likely N-dealkylation sites (tertiary alicyclic amines) is 1. The third-order valence-electron chi connectivity index (χ3n) is 3.29. The lowest BCUT2D eigenvalue weighted by Gasteiger charge is -2.28. The van der Waals surface area contributed by atoms with Gasteiger partial charge in [-0.2, -0.15) is 0 Å². The van der Waals surface area contributed by atoms with Gasteiger partial charge < -0.3 is 9.64 Å². The Morgan fingerprint density at radius 3 is 2.68 bits per heavy atom. The summed E-state index contributed by atoms with van der Waals surface area (Å²) in [5, 5.41) is 0. The molecule has 1 aliphatic rings. The van der Waals surface area contributed by atoms with Gasteiger partial charge in [0.05, 0.1) is 5.56 Å². The highest BCUT2D eigenvalue weighted by Crippen LogP contribution is 2.16. The molecule has 0 atom stereocenters. The van der Waals surface area contributed by atoms with Crippen molar-refractivity contribution in [3.8, 4) is 0 Å². The van der Waals surface area contributed by atoms with E-state index in [0.717, 1.165) is 6.41 Å². The molecule has 1 amide bonds. The zero-order chi connectivity index (χ0) is 13.8. The van der Waals surface area contributed by atoms with Crippen LogP contribution < -0.4 is 0 Å². The number of hydrogen-bond acceptors (Lipinski definition) is 3. The van der Waals surface area contributed by atoms with Crippen molar-refractivity contribution in [1.29, 1.82) is 0 Å². The largest absolute Gasteiger partial charge is 0.459 e. The molecule has 102 valence electrons. The van der Waals surface area contributed by atoms with Crippen LogP contribution in [0.5, 0.6) is 0 Å². The Morgan fingerprint density at radius 2 is 2.11 bits per heavy atom. The fourth-order valence-electron chi connectivity index (χ4n) is 2.09. The maximum Gasteiger partial charge on any atom is 0.338 e. The first kappa shape index (κ1) is 13.5. The van der Waals surface area contributed by atoms with E-state index in [1.165, 1.54) is 18.2 Å². The highest BCUT2D eigenvalue weighted by atomic mass is 19.1. The number of nitrogens with zero attached hydrogens (tertiary/aromatic N) is 1. The number of aryl methyl sites for hydroxylation is 1. The van der Waals surface area contributed by atoms with Crippen LogP contribution in [0.4, 0.5) is 4.39 Å². The van der Waals surface area contributed by atoms with Gasteiger partial charge in [-0.25, -0.2) is 9.18 Å². The van der Waals surface area contributed by atoms with Crippen LogP contribution in [0.1, 0.15) is 28.8 Å². The van der Waals surface area contributed by atoms with Crippen LogP contribution in [0.3, 0.4) is 0 Å². The van der Waals surface area contributed by atoms with Gasteiger partial charge in [-0.1, -0.05) is 0 Å². The smallest absolute Gasteiger partial charge is 0.338 e. The number of hydrogen-bond donors (Lipinski definition) is 0. The lowest BCUT2D eigenvalue weighted by Crippen LogP contribution is -2.36. The van der Waals surface area contributed by atoms with Crippen LogP contribution >= 0.6 is 0 Å². The van der Waals surface area contributed by atoms with Gasteiger partial charge in [0, 0.05) is 25.9 Å². The second-order valence-corrected chi connectivity index (χ2v) is 4.71. The molecule has 0 radical (unpaired) electrons. The Morgan fingerprint density at radius 1 is 1.42 bits per heavy atom. The number of benzene rings is 1. The van der Waals surface area contributed by atoms with E-state index < -0.39 is 5.97 Å². The van der Waals surface area contributed by atoms with Crippen molar-refractivity contribution < 1.29 is 18.7 Å². The van der Waals surface area contributed by atoms with Crippen LogP contribution in [0, 0.1) is 12.7 Å². The Labute approximate surface area is 111 Å². The Hall–Kier alpha value is -1.91. The van der Waals surface area contributed by atoms with Gasteiger partial charge in [0.1, 0.15) is 11.9 Å². The molecule has 0 aromatic heterocycles. The summed E-state index contributed by atoms with van der Waals surface area (Å²) in [7, 11) is 0. The molecule has 0 bridgehead atoms. The number of amides is 1. The third kappa shape index (κ3) is 3.30. The summed E-state index contributed by atoms with van der Waals surface area (Å²) in [4.78, 5) is 24.1. The molecule has 0 unspecified atom stereocenters. The molecule has 0 aliphatic carbocycles. The molecule has 19 heavy (non-hydrogen) atoms. The minimum absolute atomic E-state index is 0.172. The van der Waals surface area contributed by atoms with Crippen molar-refractivity contribution >= 4 is 12.4 Å². The van der Waals surface area contributed by atoms with E-state index >= 15 is 0 Å². The predicted octanol–water partition coefficient (Wildman–Crippen LogP) is 1.91. The van der Waals surface area contributed by atoms with Gasteiger partial charge in [-0.15, -0.1) is 0 Å². The third-order valence-corrected chi connectivity index (χ3v) is 3.29. The van der Waals surface area contributed by atoms with E-state index in [9.17, 15) is 14.0 Å². The standard InChI is InChI=1S/C14H16FNO3/c1-10-8-11(2-3-13(10)15)14(18)19-12-4-6-16(9-17)7-5-12/h2-3,8-9,12H,4-7H2,1H3. The molecular formula is C14H16FNO3. The van der Waals surface area contributed by atoms with Gasteiger partial charge in [-0.05, 0) is 30.7 Å². The monoisotopic (exact) mass is 265 g/mol. The molecule has 0 saturated carbocycles. The maximum atomic E-state index is 13.1. The van der Waals surface area contributed by atoms with Crippen molar-refractivity contribution in [2.24, 2.45) is 0 Å².